The number of hydrogen-bond acceptors (Lipinski definition) is 33. The van der Waals surface area contributed by atoms with E-state index in [-0.39, 0.29) is 39.7 Å². The van der Waals surface area contributed by atoms with Crippen LogP contribution in [-0.2, 0) is 66.4 Å². The van der Waals surface area contributed by atoms with Gasteiger partial charge in [0.25, 0.3) is 0 Å². The highest BCUT2D eigenvalue weighted by Crippen LogP contribution is 2.43. The lowest BCUT2D eigenvalue weighted by atomic mass is 9.95. The van der Waals surface area contributed by atoms with Crippen molar-refractivity contribution in [1.29, 1.82) is 0 Å². The van der Waals surface area contributed by atoms with Gasteiger partial charge < -0.3 is 148 Å². The Morgan fingerprint density at radius 1 is 0.478 bits per heavy atom. The quantitative estimate of drug-likeness (QED) is 0.0225. The molecule has 24 unspecified atom stereocenters. The molecule has 0 spiro atoms. The third-order valence-corrected chi connectivity index (χ3v) is 15.3. The second kappa shape index (κ2) is 31.0. The Labute approximate surface area is 510 Å². The zero-order chi connectivity index (χ0) is 65.3. The highest BCUT2D eigenvalue weighted by atomic mass is 16.8. The van der Waals surface area contributed by atoms with Crippen LogP contribution in [0.4, 0.5) is 0 Å². The molecule has 0 radical (unpaired) electrons. The first-order valence-electron chi connectivity index (χ1n) is 27.9. The molecule has 5 aliphatic heterocycles. The van der Waals surface area contributed by atoms with Crippen molar-refractivity contribution < 1.29 is 162 Å². The highest BCUT2D eigenvalue weighted by molar-refractivity contribution is 5.90. The van der Waals surface area contributed by atoms with Crippen LogP contribution in [0, 0.1) is 0 Å². The zero-order valence-corrected chi connectivity index (χ0v) is 47.8. The largest absolute Gasteiger partial charge is 0.504 e. The van der Waals surface area contributed by atoms with Crippen LogP contribution < -0.4 is 9.47 Å². The number of benzene rings is 3. The number of methoxy groups -OCH3 is 2. The van der Waals surface area contributed by atoms with E-state index in [1.54, 1.807) is 6.07 Å². The predicted molar refractivity (Wildman–Crippen MR) is 291 cm³/mol. The summed E-state index contributed by atoms with van der Waals surface area (Å²) in [7, 11) is 2.56. The maximum absolute atomic E-state index is 14.1. The Bertz CT molecular complexity index is 2890. The number of rotatable bonds is 24. The Morgan fingerprint density at radius 3 is 1.54 bits per heavy atom. The summed E-state index contributed by atoms with van der Waals surface area (Å²) in [4.78, 5) is 41.9. The van der Waals surface area contributed by atoms with Gasteiger partial charge in [-0.25, -0.2) is 14.4 Å². The van der Waals surface area contributed by atoms with Crippen molar-refractivity contribution in [3.63, 3.8) is 0 Å². The smallest absolute Gasteiger partial charge is 0.338 e. The Morgan fingerprint density at radius 2 is 0.978 bits per heavy atom. The number of ether oxygens (including phenoxy) is 14. The molecule has 33 heteroatoms. The second-order valence-corrected chi connectivity index (χ2v) is 21.1. The molecule has 24 atom stereocenters. The number of aromatic hydroxyl groups is 2. The van der Waals surface area contributed by atoms with Crippen molar-refractivity contribution in [2.45, 2.75) is 147 Å². The fourth-order valence-corrected chi connectivity index (χ4v) is 10.4. The van der Waals surface area contributed by atoms with Crippen molar-refractivity contribution in [3.8, 4) is 23.0 Å². The van der Waals surface area contributed by atoms with E-state index < -0.39 is 204 Å². The van der Waals surface area contributed by atoms with E-state index in [0.717, 1.165) is 12.2 Å². The van der Waals surface area contributed by atoms with E-state index in [1.165, 1.54) is 87.0 Å². The molecule has 0 saturated carbocycles. The van der Waals surface area contributed by atoms with Crippen molar-refractivity contribution in [1.82, 2.24) is 0 Å². The lowest BCUT2D eigenvalue weighted by molar-refractivity contribution is -0.423. The van der Waals surface area contributed by atoms with Crippen LogP contribution in [0.5, 0.6) is 23.0 Å². The lowest BCUT2D eigenvalue weighted by Crippen LogP contribution is -2.69. The third kappa shape index (κ3) is 15.5. The van der Waals surface area contributed by atoms with Crippen LogP contribution in [0.15, 0.2) is 78.9 Å². The van der Waals surface area contributed by atoms with E-state index in [4.69, 9.17) is 66.3 Å². The standard InChI is InChI=1S/C57H72O33/c1-77-29-13-9-24(16-28(29)64)10-14-36(65)79-23-57(51(40(69)33(20-60)89-57)88-52(76)26-6-4-3-5-7-26)90-56-50(87-54-45(74)42(71)39(68)32(19-59)81-54)49(48(35(22-62)83-56)84-37(66)15-11-25-8-12-27(63)30(17-25)78-2)86-55-46(75)43(72)47(34(21-61)82-55)85-53-44(73)41(70)38(67)31(18-58)80-53/h3-17,31-35,38-51,53-56,58-64,67-75H,18-23H2,1-2H3. The van der Waals surface area contributed by atoms with Gasteiger partial charge in [0.15, 0.2) is 60.4 Å². The van der Waals surface area contributed by atoms with Crippen LogP contribution >= 0.6 is 0 Å². The van der Waals surface area contributed by atoms with Gasteiger partial charge >= 0.3 is 17.9 Å². The maximum Gasteiger partial charge on any atom is 0.338 e. The number of aliphatic hydroxyl groups excluding tert-OH is 14. The number of esters is 3. The van der Waals surface area contributed by atoms with Gasteiger partial charge in [-0.2, -0.15) is 0 Å². The summed E-state index contributed by atoms with van der Waals surface area (Å²) in [5.74, 6) is -7.20. The Hall–Kier alpha value is -6.17. The first-order chi connectivity index (χ1) is 43.0. The van der Waals surface area contributed by atoms with Crippen LogP contribution in [0.1, 0.15) is 21.5 Å². The molecule has 0 aliphatic carbocycles. The van der Waals surface area contributed by atoms with Crippen molar-refractivity contribution in [2.24, 2.45) is 0 Å². The van der Waals surface area contributed by atoms with E-state index >= 15 is 0 Å². The van der Waals surface area contributed by atoms with Crippen molar-refractivity contribution in [3.05, 3.63) is 95.6 Å². The molecule has 498 valence electrons. The summed E-state index contributed by atoms with van der Waals surface area (Å²) in [5.41, 5.74) is 0.327. The number of carbonyl (C=O) groups excluding carboxylic acids is 3. The summed E-state index contributed by atoms with van der Waals surface area (Å²) in [6, 6.07) is 15.1. The third-order valence-electron chi connectivity index (χ3n) is 15.3. The first kappa shape index (κ1) is 69.7. The van der Waals surface area contributed by atoms with E-state index in [0.29, 0.717) is 0 Å². The number of carbonyl (C=O) groups is 3. The van der Waals surface area contributed by atoms with Gasteiger partial charge in [-0.1, -0.05) is 30.3 Å². The van der Waals surface area contributed by atoms with Crippen LogP contribution in [0.2, 0.25) is 0 Å². The van der Waals surface area contributed by atoms with Crippen LogP contribution in [0.25, 0.3) is 12.2 Å². The average Bonchev–Trinajstić information content (AvgIpc) is 1.42. The molecule has 0 bridgehead atoms. The molecule has 90 heavy (non-hydrogen) atoms. The number of hydrogen-bond donors (Lipinski definition) is 16. The molecule has 0 aromatic heterocycles. The number of phenolic OH excluding ortho intramolecular Hbond substituents is 2. The predicted octanol–water partition coefficient (Wildman–Crippen LogP) is -6.10. The minimum absolute atomic E-state index is 0.0191. The normalized spacial score (nSPS) is 37.2. The van der Waals surface area contributed by atoms with E-state index in [2.05, 4.69) is 0 Å². The molecule has 0 amide bonds. The topological polar surface area (TPSA) is 504 Å². The monoisotopic (exact) mass is 1280 g/mol. The molecular formula is C57H72O33. The average molecular weight is 1290 g/mol. The van der Waals surface area contributed by atoms with Gasteiger partial charge in [-0.15, -0.1) is 0 Å². The van der Waals surface area contributed by atoms with Gasteiger partial charge in [-0.3, -0.25) is 0 Å². The summed E-state index contributed by atoms with van der Waals surface area (Å²) in [6.07, 6.45) is -44.6. The minimum atomic E-state index is -2.98. The number of aliphatic hydroxyl groups is 14. The summed E-state index contributed by atoms with van der Waals surface area (Å²) < 4.78 is 82.1. The highest BCUT2D eigenvalue weighted by Gasteiger charge is 2.64. The van der Waals surface area contributed by atoms with E-state index in [9.17, 15) is 96.1 Å². The van der Waals surface area contributed by atoms with Gasteiger partial charge in [-0.05, 0) is 59.7 Å². The minimum Gasteiger partial charge on any atom is -0.504 e. The van der Waals surface area contributed by atoms with Crippen molar-refractivity contribution in [2.75, 3.05) is 53.9 Å². The van der Waals surface area contributed by atoms with Crippen LogP contribution in [-0.4, -0.2) is 300 Å². The van der Waals surface area contributed by atoms with Gasteiger partial charge in [0.05, 0.1) is 52.8 Å². The summed E-state index contributed by atoms with van der Waals surface area (Å²) in [5, 5.41) is 174. The van der Waals surface area contributed by atoms with Gasteiger partial charge in [0, 0.05) is 12.2 Å². The molecular weight excluding hydrogens is 1210 g/mol. The summed E-state index contributed by atoms with van der Waals surface area (Å²) >= 11 is 0. The fraction of sp³-hybridized carbons (Fsp3) is 0.561. The van der Waals surface area contributed by atoms with Crippen LogP contribution in [0.3, 0.4) is 0 Å². The van der Waals surface area contributed by atoms with Gasteiger partial charge in [0.2, 0.25) is 5.79 Å². The lowest BCUT2D eigenvalue weighted by Gasteiger charge is -2.51. The maximum atomic E-state index is 14.1. The molecule has 5 heterocycles. The molecule has 5 fully saturated rings. The van der Waals surface area contributed by atoms with E-state index in [1.807, 2.05) is 0 Å². The molecule has 5 saturated heterocycles. The molecule has 3 aromatic rings. The van der Waals surface area contributed by atoms with Gasteiger partial charge in [0.1, 0.15) is 110 Å². The Balaban J connectivity index is 1.24. The Kier molecular flexibility index (Phi) is 24.0. The molecule has 5 aliphatic rings. The molecule has 33 nitrogen and oxygen atoms in total. The summed E-state index contributed by atoms with van der Waals surface area (Å²) in [6.45, 7) is -6.72. The molecule has 16 N–H and O–H groups in total. The molecule has 8 rings (SSSR count). The SMILES string of the molecule is COc1ccc(C=CC(=O)OCC2(OC3OC(CO)C(OC(=O)C=Cc4ccc(O)c(OC)c4)C(OC4OC(CO)C(OC5OC(CO)C(O)C(O)C5O)C(O)C4O)C3OC3OC(CO)C(O)C(O)C3O)OC(CO)C(O)C2OC(=O)c2ccccc2)cc1O. The molecule has 3 aromatic carbocycles. The first-order valence-corrected chi connectivity index (χ1v) is 27.9. The number of phenols is 2. The van der Waals surface area contributed by atoms with Crippen molar-refractivity contribution >= 4 is 30.1 Å². The second-order valence-electron chi connectivity index (χ2n) is 21.1. The fourth-order valence-electron chi connectivity index (χ4n) is 10.4. The zero-order valence-electron chi connectivity index (χ0n) is 47.8.